The van der Waals surface area contributed by atoms with Crippen LogP contribution in [-0.4, -0.2) is 38.0 Å². The van der Waals surface area contributed by atoms with Crippen molar-refractivity contribution in [3.8, 4) is 0 Å². The van der Waals surface area contributed by atoms with Crippen LogP contribution in [0, 0.1) is 22.7 Å². The van der Waals surface area contributed by atoms with Gasteiger partial charge in [-0.15, -0.1) is 0 Å². The minimum atomic E-state index is -0.287. The Bertz CT molecular complexity index is 956. The van der Waals surface area contributed by atoms with Gasteiger partial charge in [-0.2, -0.15) is 0 Å². The van der Waals surface area contributed by atoms with E-state index in [4.69, 9.17) is 9.47 Å². The van der Waals surface area contributed by atoms with E-state index in [-0.39, 0.29) is 29.1 Å². The van der Waals surface area contributed by atoms with Crippen LogP contribution in [0.5, 0.6) is 0 Å². The van der Waals surface area contributed by atoms with E-state index in [0.29, 0.717) is 31.6 Å². The number of carbonyl (C=O) groups is 2. The Morgan fingerprint density at radius 1 is 0.483 bits per heavy atom. The molecule has 0 heterocycles. The van der Waals surface area contributed by atoms with Gasteiger partial charge in [0.1, 0.15) is 0 Å². The summed E-state index contributed by atoms with van der Waals surface area (Å²) < 4.78 is 11.9. The lowest BCUT2D eigenvalue weighted by Gasteiger charge is -2.46. The average Bonchev–Trinajstić information content (AvgIpc) is 3.18. The third-order valence-corrected chi connectivity index (χ3v) is 13.2. The summed E-state index contributed by atoms with van der Waals surface area (Å²) in [5, 5.41) is 6.44. The van der Waals surface area contributed by atoms with Gasteiger partial charge < -0.3 is 20.1 Å². The lowest BCUT2D eigenvalue weighted by molar-refractivity contribution is 0.0582. The number of alkyl carbamates (subject to hydrolysis) is 2. The monoisotopic (exact) mass is 819 g/mol. The van der Waals surface area contributed by atoms with Crippen LogP contribution in [0.2, 0.25) is 0 Å². The van der Waals surface area contributed by atoms with E-state index in [1.165, 1.54) is 180 Å². The molecular formula is C52H102N2O4. The number of nitrogens with one attached hydrogen (secondary N) is 2. The first kappa shape index (κ1) is 54.6. The van der Waals surface area contributed by atoms with Crippen LogP contribution < -0.4 is 10.6 Å². The normalized spacial score (nSPS) is 18.8. The van der Waals surface area contributed by atoms with Crippen molar-refractivity contribution in [1.82, 2.24) is 10.6 Å². The Morgan fingerprint density at radius 2 is 0.810 bits per heavy atom. The smallest absolute Gasteiger partial charge is 0.407 e. The second kappa shape index (κ2) is 36.2. The van der Waals surface area contributed by atoms with Crippen molar-refractivity contribution in [2.24, 2.45) is 22.7 Å². The van der Waals surface area contributed by atoms with Crippen LogP contribution in [0.1, 0.15) is 273 Å². The molecule has 0 bridgehead atoms. The number of hydrogen-bond donors (Lipinski definition) is 2. The summed E-state index contributed by atoms with van der Waals surface area (Å²) in [5.74, 6) is 0.900. The standard InChI is InChI=1S/C52H102N2O4/c1-8-12-16-20-24-26-30-34-37-46(36-32-28-22-18-14-10-3)42-57-49(55)53-45-52(7)41-48(40-51(5,6)44-52)54-50(56)58-43-47(38-33-29-23-19-15-11-4)39-35-31-27-25-21-17-13-9-2/h46-48H,8-45H2,1-7H3,(H,53,55)(H,54,56). The lowest BCUT2D eigenvalue weighted by Crippen LogP contribution is -2.50. The highest BCUT2D eigenvalue weighted by Gasteiger charge is 2.42. The summed E-state index contributed by atoms with van der Waals surface area (Å²) in [6, 6.07) is 0.0251. The molecule has 4 atom stereocenters. The largest absolute Gasteiger partial charge is 0.449 e. The molecule has 0 spiro atoms. The Balaban J connectivity index is 2.61. The molecule has 6 nitrogen and oxygen atoms in total. The zero-order valence-electron chi connectivity index (χ0n) is 40.2. The molecule has 1 rings (SSSR count). The van der Waals surface area contributed by atoms with E-state index >= 15 is 0 Å². The molecule has 0 radical (unpaired) electrons. The van der Waals surface area contributed by atoms with Gasteiger partial charge in [-0.05, 0) is 67.6 Å². The van der Waals surface area contributed by atoms with Crippen molar-refractivity contribution >= 4 is 12.2 Å². The van der Waals surface area contributed by atoms with E-state index in [2.05, 4.69) is 59.1 Å². The second-order valence-corrected chi connectivity index (χ2v) is 20.3. The maximum Gasteiger partial charge on any atom is 0.407 e. The summed E-state index contributed by atoms with van der Waals surface area (Å²) in [6.45, 7) is 17.6. The summed E-state index contributed by atoms with van der Waals surface area (Å²) in [5.41, 5.74) is -0.0871. The highest BCUT2D eigenvalue weighted by Crippen LogP contribution is 2.46. The molecule has 0 aromatic rings. The summed E-state index contributed by atoms with van der Waals surface area (Å²) >= 11 is 0. The zero-order chi connectivity index (χ0) is 42.6. The third kappa shape index (κ3) is 31.4. The summed E-state index contributed by atoms with van der Waals surface area (Å²) in [7, 11) is 0. The van der Waals surface area contributed by atoms with Crippen LogP contribution in [0.4, 0.5) is 9.59 Å². The molecule has 58 heavy (non-hydrogen) atoms. The van der Waals surface area contributed by atoms with Gasteiger partial charge in [0.05, 0.1) is 13.2 Å². The van der Waals surface area contributed by atoms with E-state index in [1.807, 2.05) is 0 Å². The van der Waals surface area contributed by atoms with E-state index in [0.717, 1.165) is 44.9 Å². The lowest BCUT2D eigenvalue weighted by atomic mass is 9.62. The van der Waals surface area contributed by atoms with Crippen LogP contribution in [0.15, 0.2) is 0 Å². The van der Waals surface area contributed by atoms with Gasteiger partial charge in [-0.3, -0.25) is 0 Å². The van der Waals surface area contributed by atoms with Gasteiger partial charge in [0, 0.05) is 12.6 Å². The molecule has 1 aliphatic rings. The van der Waals surface area contributed by atoms with Crippen LogP contribution in [0.25, 0.3) is 0 Å². The molecular weight excluding hydrogens is 717 g/mol. The van der Waals surface area contributed by atoms with Crippen LogP contribution in [0.3, 0.4) is 0 Å². The first-order valence-electron chi connectivity index (χ1n) is 25.9. The zero-order valence-corrected chi connectivity index (χ0v) is 40.2. The van der Waals surface area contributed by atoms with E-state index in [1.54, 1.807) is 0 Å². The fourth-order valence-corrected chi connectivity index (χ4v) is 9.98. The average molecular weight is 819 g/mol. The molecule has 344 valence electrons. The molecule has 2 amide bonds. The second-order valence-electron chi connectivity index (χ2n) is 20.3. The van der Waals surface area contributed by atoms with Gasteiger partial charge in [0.25, 0.3) is 0 Å². The molecule has 0 saturated heterocycles. The minimum Gasteiger partial charge on any atom is -0.449 e. The molecule has 1 fully saturated rings. The van der Waals surface area contributed by atoms with Gasteiger partial charge in [0.15, 0.2) is 0 Å². The van der Waals surface area contributed by atoms with Crippen LogP contribution in [-0.2, 0) is 9.47 Å². The van der Waals surface area contributed by atoms with E-state index in [9.17, 15) is 9.59 Å². The number of hydrogen-bond acceptors (Lipinski definition) is 4. The number of amides is 2. The first-order valence-corrected chi connectivity index (χ1v) is 25.9. The quantitative estimate of drug-likeness (QED) is 0.0606. The predicted octanol–water partition coefficient (Wildman–Crippen LogP) is 16.8. The maximum atomic E-state index is 13.3. The molecule has 6 heteroatoms. The van der Waals surface area contributed by atoms with Crippen molar-refractivity contribution in [1.29, 1.82) is 0 Å². The van der Waals surface area contributed by atoms with Crippen molar-refractivity contribution in [3.63, 3.8) is 0 Å². The van der Waals surface area contributed by atoms with Gasteiger partial charge in [-0.1, -0.05) is 228 Å². The third-order valence-electron chi connectivity index (χ3n) is 13.2. The van der Waals surface area contributed by atoms with Crippen molar-refractivity contribution in [2.45, 2.75) is 279 Å². The molecule has 0 aromatic heterocycles. The molecule has 1 saturated carbocycles. The Morgan fingerprint density at radius 3 is 1.17 bits per heavy atom. The fourth-order valence-electron chi connectivity index (χ4n) is 9.98. The van der Waals surface area contributed by atoms with Gasteiger partial charge in [-0.25, -0.2) is 9.59 Å². The molecule has 2 N–H and O–H groups in total. The van der Waals surface area contributed by atoms with Gasteiger partial charge in [0.2, 0.25) is 0 Å². The Hall–Kier alpha value is -1.46. The number of ether oxygens (including phenoxy) is 2. The van der Waals surface area contributed by atoms with Crippen molar-refractivity contribution in [3.05, 3.63) is 0 Å². The SMILES string of the molecule is CCCCCCCCCCC(CCCCCCCC)COC(=O)NCC1(C)CC(NC(=O)OCC(CCCCCCCC)CCCCCCCCCC)CC(C)(C)C1. The Labute approximate surface area is 362 Å². The summed E-state index contributed by atoms with van der Waals surface area (Å²) in [6.07, 6.45) is 43.7. The van der Waals surface area contributed by atoms with E-state index < -0.39 is 0 Å². The van der Waals surface area contributed by atoms with Gasteiger partial charge >= 0.3 is 12.2 Å². The number of carbonyl (C=O) groups excluding carboxylic acids is 2. The molecule has 0 aliphatic heterocycles. The Kier molecular flexibility index (Phi) is 34.1. The number of unbranched alkanes of at least 4 members (excludes halogenated alkanes) is 24. The summed E-state index contributed by atoms with van der Waals surface area (Å²) in [4.78, 5) is 26.4. The molecule has 1 aliphatic carbocycles. The highest BCUT2D eigenvalue weighted by molar-refractivity contribution is 5.68. The van der Waals surface area contributed by atoms with Crippen molar-refractivity contribution < 1.29 is 19.1 Å². The maximum absolute atomic E-state index is 13.3. The van der Waals surface area contributed by atoms with Crippen molar-refractivity contribution in [2.75, 3.05) is 19.8 Å². The molecule has 0 aromatic carbocycles. The topological polar surface area (TPSA) is 76.7 Å². The minimum absolute atomic E-state index is 0.0251. The van der Waals surface area contributed by atoms with Crippen LogP contribution >= 0.6 is 0 Å². The highest BCUT2D eigenvalue weighted by atomic mass is 16.6. The molecule has 4 unspecified atom stereocenters. The predicted molar refractivity (Wildman–Crippen MR) is 251 cm³/mol. The number of rotatable bonds is 39. The first-order chi connectivity index (χ1) is 28.1. The fraction of sp³-hybridized carbons (Fsp3) is 0.962.